The van der Waals surface area contributed by atoms with Crippen LogP contribution in [0.1, 0.15) is 85.5 Å². The van der Waals surface area contributed by atoms with Crippen molar-refractivity contribution >= 4 is 5.71 Å². The van der Waals surface area contributed by atoms with E-state index in [1.165, 1.54) is 37.8 Å². The van der Waals surface area contributed by atoms with Gasteiger partial charge in [0, 0.05) is 43.5 Å². The van der Waals surface area contributed by atoms with E-state index in [1.807, 2.05) is 5.01 Å². The molecule has 2 aliphatic heterocycles. The maximum Gasteiger partial charge on any atom is 0.171 e. The van der Waals surface area contributed by atoms with Crippen LogP contribution in [-0.2, 0) is 9.47 Å². The summed E-state index contributed by atoms with van der Waals surface area (Å²) >= 11 is 0. The highest BCUT2D eigenvalue weighted by Crippen LogP contribution is 2.70. The summed E-state index contributed by atoms with van der Waals surface area (Å²) < 4.78 is 13.5. The van der Waals surface area contributed by atoms with Crippen molar-refractivity contribution in [3.8, 4) is 0 Å². The van der Waals surface area contributed by atoms with E-state index in [4.69, 9.17) is 14.6 Å². The largest absolute Gasteiger partial charge is 0.393 e. The lowest BCUT2D eigenvalue weighted by Crippen LogP contribution is -2.58. The first-order valence-corrected chi connectivity index (χ1v) is 14.3. The molecule has 5 heteroatoms. The predicted molar refractivity (Wildman–Crippen MR) is 134 cm³/mol. The molecule has 34 heavy (non-hydrogen) atoms. The minimum atomic E-state index is -0.376. The minimum absolute atomic E-state index is 0.0861. The van der Waals surface area contributed by atoms with Crippen molar-refractivity contribution < 1.29 is 14.6 Å². The molecule has 6 aliphatic rings. The highest BCUT2D eigenvalue weighted by molar-refractivity contribution is 5.92. The van der Waals surface area contributed by atoms with Gasteiger partial charge in [0.2, 0.25) is 0 Å². The Hall–Kier alpha value is -0.650. The molecule has 2 saturated heterocycles. The van der Waals surface area contributed by atoms with Gasteiger partial charge in [-0.15, -0.1) is 0 Å². The van der Waals surface area contributed by atoms with Crippen molar-refractivity contribution in [2.75, 3.05) is 20.7 Å². The molecule has 0 aromatic carbocycles. The fourth-order valence-electron chi connectivity index (χ4n) is 10.3. The van der Waals surface area contributed by atoms with Gasteiger partial charge in [0.15, 0.2) is 5.79 Å². The molecule has 12 atom stereocenters. The van der Waals surface area contributed by atoms with Crippen molar-refractivity contribution in [1.29, 1.82) is 0 Å². The van der Waals surface area contributed by atoms with Gasteiger partial charge in [0.25, 0.3) is 0 Å². The van der Waals surface area contributed by atoms with Crippen LogP contribution in [0.15, 0.2) is 5.10 Å². The normalized spacial score (nSPS) is 57.7. The Morgan fingerprint density at radius 2 is 1.79 bits per heavy atom. The molecule has 6 rings (SSSR count). The van der Waals surface area contributed by atoms with Crippen molar-refractivity contribution in [3.05, 3.63) is 0 Å². The summed E-state index contributed by atoms with van der Waals surface area (Å²) in [4.78, 5) is 0. The van der Waals surface area contributed by atoms with Crippen LogP contribution < -0.4 is 0 Å². The summed E-state index contributed by atoms with van der Waals surface area (Å²) in [6.07, 6.45) is 10.5. The van der Waals surface area contributed by atoms with Gasteiger partial charge in [-0.05, 0) is 86.4 Å². The molecule has 4 saturated carbocycles. The van der Waals surface area contributed by atoms with Gasteiger partial charge in [0.05, 0.1) is 18.8 Å². The van der Waals surface area contributed by atoms with Gasteiger partial charge >= 0.3 is 0 Å². The number of hydrogen-bond acceptors (Lipinski definition) is 5. The molecule has 6 fully saturated rings. The first kappa shape index (κ1) is 23.7. The lowest BCUT2D eigenvalue weighted by molar-refractivity contribution is -0.272. The standard InChI is InChI=1S/C29H48N2O3/c1-17-9-12-29(33-16-17)18(2)26-24(34-29)14-23-21-8-7-19-13-20(32)10-11-27(19,3)22(21)15-25(28(23,26)4)30-31(5)6/h17-24,26,32H,7-16H2,1-6H3/t17?,18-,19?,20?,21+,22-,23-,24?,26?,27-,28+,29+/m0/s1. The molecule has 1 spiro atoms. The minimum Gasteiger partial charge on any atom is -0.393 e. The van der Waals surface area contributed by atoms with Crippen LogP contribution in [0, 0.1) is 52.3 Å². The molecular weight excluding hydrogens is 424 g/mol. The van der Waals surface area contributed by atoms with Crippen molar-refractivity contribution in [1.82, 2.24) is 5.01 Å². The SMILES string of the molecule is CC1CC[C@@]2(OC1)OC1C[C@H]3[C@@H]4CCC5CC(O)CC[C@]5(C)[C@H]4CC(=NN(C)C)[C@]3(C)C1[C@@H]2C. The van der Waals surface area contributed by atoms with E-state index in [9.17, 15) is 5.11 Å². The quantitative estimate of drug-likeness (QED) is 0.525. The van der Waals surface area contributed by atoms with E-state index >= 15 is 0 Å². The number of aliphatic hydroxyl groups excluding tert-OH is 1. The first-order chi connectivity index (χ1) is 16.1. The van der Waals surface area contributed by atoms with Gasteiger partial charge in [-0.3, -0.25) is 0 Å². The lowest BCUT2D eigenvalue weighted by Gasteiger charge is -2.61. The van der Waals surface area contributed by atoms with Crippen molar-refractivity contribution in [2.45, 2.75) is 103 Å². The fraction of sp³-hybridized carbons (Fsp3) is 0.966. The Morgan fingerprint density at radius 3 is 2.50 bits per heavy atom. The lowest BCUT2D eigenvalue weighted by atomic mass is 9.44. The second-order valence-electron chi connectivity index (χ2n) is 13.9. The van der Waals surface area contributed by atoms with Crippen molar-refractivity contribution in [3.63, 3.8) is 0 Å². The van der Waals surface area contributed by atoms with Crippen LogP contribution in [0.25, 0.3) is 0 Å². The molecule has 2 heterocycles. The number of fused-ring (bicyclic) bond motifs is 7. The highest BCUT2D eigenvalue weighted by atomic mass is 16.7. The van der Waals surface area contributed by atoms with Gasteiger partial charge in [-0.1, -0.05) is 27.7 Å². The van der Waals surface area contributed by atoms with Crippen LogP contribution in [0.5, 0.6) is 0 Å². The molecule has 4 aliphatic carbocycles. The Kier molecular flexibility index (Phi) is 5.53. The van der Waals surface area contributed by atoms with Crippen LogP contribution in [0.2, 0.25) is 0 Å². The van der Waals surface area contributed by atoms with Gasteiger partial charge in [0.1, 0.15) is 0 Å². The number of hydrazone groups is 1. The molecule has 0 bridgehead atoms. The zero-order valence-electron chi connectivity index (χ0n) is 22.4. The number of hydrogen-bond donors (Lipinski definition) is 1. The monoisotopic (exact) mass is 472 g/mol. The van der Waals surface area contributed by atoms with Gasteiger partial charge in [-0.25, -0.2) is 0 Å². The average molecular weight is 473 g/mol. The molecular formula is C29H48N2O3. The molecule has 192 valence electrons. The van der Waals surface area contributed by atoms with Crippen molar-refractivity contribution in [2.24, 2.45) is 57.4 Å². The Labute approximate surface area is 207 Å². The number of nitrogens with zero attached hydrogens (tertiary/aromatic N) is 2. The highest BCUT2D eigenvalue weighted by Gasteiger charge is 2.71. The molecule has 1 N–H and O–H groups in total. The third-order valence-electron chi connectivity index (χ3n) is 12.1. The average Bonchev–Trinajstić information content (AvgIpc) is 3.23. The van der Waals surface area contributed by atoms with Gasteiger partial charge in [-0.2, -0.15) is 5.10 Å². The second-order valence-corrected chi connectivity index (χ2v) is 13.9. The van der Waals surface area contributed by atoms with E-state index in [0.29, 0.717) is 47.0 Å². The van der Waals surface area contributed by atoms with E-state index in [2.05, 4.69) is 41.8 Å². The Morgan fingerprint density at radius 1 is 1.00 bits per heavy atom. The van der Waals surface area contributed by atoms with Crippen LogP contribution in [0.4, 0.5) is 0 Å². The smallest absolute Gasteiger partial charge is 0.171 e. The fourth-order valence-corrected chi connectivity index (χ4v) is 10.3. The predicted octanol–water partition coefficient (Wildman–Crippen LogP) is 5.32. The summed E-state index contributed by atoms with van der Waals surface area (Å²) in [6.45, 7) is 10.7. The molecule has 5 unspecified atom stereocenters. The zero-order valence-corrected chi connectivity index (χ0v) is 22.4. The molecule has 0 aromatic heterocycles. The number of ether oxygens (including phenoxy) is 2. The van der Waals surface area contributed by atoms with E-state index in [0.717, 1.165) is 38.2 Å². The van der Waals surface area contributed by atoms with Crippen LogP contribution >= 0.6 is 0 Å². The Bertz CT molecular complexity index is 835. The van der Waals surface area contributed by atoms with Crippen LogP contribution in [-0.4, -0.2) is 54.5 Å². The second kappa shape index (κ2) is 7.92. The Balaban J connectivity index is 1.37. The third kappa shape index (κ3) is 3.18. The summed E-state index contributed by atoms with van der Waals surface area (Å²) in [5.74, 6) is 3.91. The van der Waals surface area contributed by atoms with E-state index in [1.54, 1.807) is 0 Å². The molecule has 0 amide bonds. The molecule has 5 nitrogen and oxygen atoms in total. The van der Waals surface area contributed by atoms with Gasteiger partial charge < -0.3 is 19.6 Å². The summed E-state index contributed by atoms with van der Waals surface area (Å²) in [6, 6.07) is 0. The maximum absolute atomic E-state index is 10.4. The number of aliphatic hydroxyl groups is 1. The topological polar surface area (TPSA) is 54.3 Å². The number of rotatable bonds is 1. The summed E-state index contributed by atoms with van der Waals surface area (Å²) in [7, 11) is 4.18. The zero-order chi connectivity index (χ0) is 24.0. The first-order valence-electron chi connectivity index (χ1n) is 14.3. The third-order valence-corrected chi connectivity index (χ3v) is 12.1. The van der Waals surface area contributed by atoms with E-state index in [-0.39, 0.29) is 17.3 Å². The molecule has 0 aromatic rings. The van der Waals surface area contributed by atoms with E-state index < -0.39 is 0 Å². The summed E-state index contributed by atoms with van der Waals surface area (Å²) in [5, 5.41) is 17.8. The van der Waals surface area contributed by atoms with Crippen LogP contribution in [0.3, 0.4) is 0 Å². The summed E-state index contributed by atoms with van der Waals surface area (Å²) in [5.41, 5.74) is 1.86. The maximum atomic E-state index is 10.4. The molecule has 0 radical (unpaired) electrons.